The zero-order valence-corrected chi connectivity index (χ0v) is 5.95. The Hall–Kier alpha value is -0.0800. The molecule has 1 saturated carbocycles. The Kier molecular flexibility index (Phi) is 0.968. The second kappa shape index (κ2) is 1.74. The molecule has 0 spiro atoms. The Labute approximate surface area is 60.5 Å². The average Bonchev–Trinajstić information content (AvgIpc) is 2.70. The molecule has 0 radical (unpaired) electrons. The molecule has 0 unspecified atom stereocenters. The molecule has 2 heterocycles. The molecule has 0 amide bonds. The maximum atomic E-state index is 5.45. The van der Waals surface area contributed by atoms with Gasteiger partial charge < -0.3 is 9.47 Å². The van der Waals surface area contributed by atoms with E-state index in [2.05, 4.69) is 0 Å². The van der Waals surface area contributed by atoms with E-state index < -0.39 is 0 Å². The molecule has 10 heavy (non-hydrogen) atoms. The topological polar surface area (TPSA) is 25.1 Å². The van der Waals surface area contributed by atoms with Gasteiger partial charge in [-0.15, -0.1) is 0 Å². The highest BCUT2D eigenvalue weighted by molar-refractivity contribution is 4.95. The fraction of sp³-hybridized carbons (Fsp3) is 1.00. The van der Waals surface area contributed by atoms with Gasteiger partial charge >= 0.3 is 0 Å². The van der Waals surface area contributed by atoms with Crippen molar-refractivity contribution in [2.45, 2.75) is 50.1 Å². The molecule has 0 aromatic rings. The van der Waals surface area contributed by atoms with Crippen LogP contribution in [0.4, 0.5) is 0 Å². The largest absolute Gasteiger partial charge is 0.370 e. The number of hydrogen-bond donors (Lipinski definition) is 0. The number of fused-ring (bicyclic) bond motifs is 2. The van der Waals surface area contributed by atoms with E-state index in [1.165, 1.54) is 25.7 Å². The third kappa shape index (κ3) is 0.789. The van der Waals surface area contributed by atoms with E-state index in [9.17, 15) is 0 Å². The summed E-state index contributed by atoms with van der Waals surface area (Å²) in [6.45, 7) is 0. The van der Waals surface area contributed by atoms with Crippen LogP contribution in [-0.2, 0) is 9.47 Å². The summed E-state index contributed by atoms with van der Waals surface area (Å²) < 4.78 is 10.9. The summed E-state index contributed by atoms with van der Waals surface area (Å²) in [6.07, 6.45) is 7.43. The molecular weight excluding hydrogens is 128 g/mol. The highest BCUT2D eigenvalue weighted by Gasteiger charge is 2.47. The quantitative estimate of drug-likeness (QED) is 0.471. The lowest BCUT2D eigenvalue weighted by Gasteiger charge is -1.97. The monoisotopic (exact) mass is 140 g/mol. The van der Waals surface area contributed by atoms with Crippen LogP contribution in [0.3, 0.4) is 0 Å². The van der Waals surface area contributed by atoms with Gasteiger partial charge in [-0.1, -0.05) is 0 Å². The lowest BCUT2D eigenvalue weighted by atomic mass is 10.0. The van der Waals surface area contributed by atoms with Gasteiger partial charge in [-0.2, -0.15) is 0 Å². The van der Waals surface area contributed by atoms with Crippen molar-refractivity contribution in [2.75, 3.05) is 0 Å². The average molecular weight is 140 g/mol. The van der Waals surface area contributed by atoms with Crippen molar-refractivity contribution < 1.29 is 9.47 Å². The highest BCUT2D eigenvalue weighted by atomic mass is 16.6. The smallest absolute Gasteiger partial charge is 0.0842 e. The van der Waals surface area contributed by atoms with Crippen LogP contribution in [-0.4, -0.2) is 24.4 Å². The molecule has 1 aliphatic carbocycles. The minimum Gasteiger partial charge on any atom is -0.370 e. The minimum absolute atomic E-state index is 0.616. The van der Waals surface area contributed by atoms with E-state index in [1.54, 1.807) is 0 Å². The summed E-state index contributed by atoms with van der Waals surface area (Å²) in [7, 11) is 0. The van der Waals surface area contributed by atoms with Gasteiger partial charge in [0.1, 0.15) is 0 Å². The predicted octanol–water partition coefficient (Wildman–Crippen LogP) is 1.10. The van der Waals surface area contributed by atoms with E-state index in [1.807, 2.05) is 0 Å². The van der Waals surface area contributed by atoms with Gasteiger partial charge in [-0.3, -0.25) is 0 Å². The minimum atomic E-state index is 0.616. The molecule has 2 aliphatic heterocycles. The SMILES string of the molecule is C1C[C@H]2O[C@@H]2CC[C@H]2O[C@H]12. The maximum absolute atomic E-state index is 5.45. The van der Waals surface area contributed by atoms with Crippen LogP contribution in [0, 0.1) is 0 Å². The molecule has 3 rings (SSSR count). The van der Waals surface area contributed by atoms with Crippen LogP contribution < -0.4 is 0 Å². The van der Waals surface area contributed by atoms with Gasteiger partial charge in [0.05, 0.1) is 24.4 Å². The van der Waals surface area contributed by atoms with E-state index in [0.717, 1.165) is 0 Å². The van der Waals surface area contributed by atoms with Crippen LogP contribution in [0.25, 0.3) is 0 Å². The molecule has 0 bridgehead atoms. The maximum Gasteiger partial charge on any atom is 0.0842 e. The van der Waals surface area contributed by atoms with Crippen LogP contribution in [0.15, 0.2) is 0 Å². The van der Waals surface area contributed by atoms with Crippen molar-refractivity contribution in [1.29, 1.82) is 0 Å². The summed E-state index contributed by atoms with van der Waals surface area (Å²) in [5, 5.41) is 0. The summed E-state index contributed by atoms with van der Waals surface area (Å²) in [5.74, 6) is 0. The van der Waals surface area contributed by atoms with Gasteiger partial charge in [-0.25, -0.2) is 0 Å². The predicted molar refractivity (Wildman–Crippen MR) is 35.8 cm³/mol. The second-order valence-corrected chi connectivity index (χ2v) is 3.58. The third-order valence-electron chi connectivity index (χ3n) is 2.85. The van der Waals surface area contributed by atoms with Crippen LogP contribution in [0.2, 0.25) is 0 Å². The number of hydrogen-bond acceptors (Lipinski definition) is 2. The summed E-state index contributed by atoms with van der Waals surface area (Å²) in [5.41, 5.74) is 0. The van der Waals surface area contributed by atoms with Gasteiger partial charge in [0.2, 0.25) is 0 Å². The molecule has 0 N–H and O–H groups in total. The Morgan fingerprint density at radius 3 is 1.20 bits per heavy atom. The van der Waals surface area contributed by atoms with Crippen LogP contribution in [0.1, 0.15) is 25.7 Å². The Morgan fingerprint density at radius 2 is 0.900 bits per heavy atom. The van der Waals surface area contributed by atoms with Crippen molar-refractivity contribution in [3.05, 3.63) is 0 Å². The van der Waals surface area contributed by atoms with E-state index in [0.29, 0.717) is 24.4 Å². The summed E-state index contributed by atoms with van der Waals surface area (Å²) in [6, 6.07) is 0. The molecule has 3 aliphatic rings. The molecule has 2 saturated heterocycles. The molecule has 3 fully saturated rings. The zero-order valence-electron chi connectivity index (χ0n) is 5.95. The van der Waals surface area contributed by atoms with Crippen molar-refractivity contribution >= 4 is 0 Å². The standard InChI is InChI=1S/C8H12O2/c1-2-6-8(10-6)4-3-7-5(1)9-7/h5-8H,1-4H2/t5-,6-,7-,8-/m1/s1. The van der Waals surface area contributed by atoms with Gasteiger partial charge in [0.15, 0.2) is 0 Å². The molecule has 0 aromatic heterocycles. The molecule has 0 aromatic carbocycles. The van der Waals surface area contributed by atoms with Gasteiger partial charge in [-0.05, 0) is 25.7 Å². The normalized spacial score (nSPS) is 57.6. The molecule has 2 heteroatoms. The highest BCUT2D eigenvalue weighted by Crippen LogP contribution is 2.41. The lowest BCUT2D eigenvalue weighted by molar-refractivity contribution is 0.311. The van der Waals surface area contributed by atoms with E-state index >= 15 is 0 Å². The summed E-state index contributed by atoms with van der Waals surface area (Å²) >= 11 is 0. The first kappa shape index (κ1) is 5.56. The number of ether oxygens (including phenoxy) is 2. The van der Waals surface area contributed by atoms with Crippen molar-refractivity contribution in [3.8, 4) is 0 Å². The Morgan fingerprint density at radius 1 is 0.600 bits per heavy atom. The first-order valence-electron chi connectivity index (χ1n) is 4.24. The number of epoxide rings is 2. The van der Waals surface area contributed by atoms with Crippen molar-refractivity contribution in [1.82, 2.24) is 0 Å². The fourth-order valence-corrected chi connectivity index (χ4v) is 2.03. The summed E-state index contributed by atoms with van der Waals surface area (Å²) in [4.78, 5) is 0. The third-order valence-corrected chi connectivity index (χ3v) is 2.85. The van der Waals surface area contributed by atoms with E-state index in [-0.39, 0.29) is 0 Å². The molecule has 4 atom stereocenters. The Bertz CT molecular complexity index is 123. The van der Waals surface area contributed by atoms with Crippen LogP contribution >= 0.6 is 0 Å². The molecule has 56 valence electrons. The van der Waals surface area contributed by atoms with Crippen LogP contribution in [0.5, 0.6) is 0 Å². The first-order valence-corrected chi connectivity index (χ1v) is 4.24. The van der Waals surface area contributed by atoms with Gasteiger partial charge in [0, 0.05) is 0 Å². The zero-order chi connectivity index (χ0) is 6.55. The lowest BCUT2D eigenvalue weighted by Crippen LogP contribution is -2.04. The van der Waals surface area contributed by atoms with Crippen molar-refractivity contribution in [3.63, 3.8) is 0 Å². The second-order valence-electron chi connectivity index (χ2n) is 3.58. The molecular formula is C8H12O2. The van der Waals surface area contributed by atoms with E-state index in [4.69, 9.17) is 9.47 Å². The fourth-order valence-electron chi connectivity index (χ4n) is 2.03. The Balaban J connectivity index is 1.67. The van der Waals surface area contributed by atoms with Crippen molar-refractivity contribution in [2.24, 2.45) is 0 Å². The van der Waals surface area contributed by atoms with Gasteiger partial charge in [0.25, 0.3) is 0 Å². The number of rotatable bonds is 0. The first-order chi connectivity index (χ1) is 4.93. The molecule has 2 nitrogen and oxygen atoms in total.